The number of nitrogens with one attached hydrogen (secondary N) is 1. The zero-order chi connectivity index (χ0) is 18.3. The van der Waals surface area contributed by atoms with Crippen molar-refractivity contribution in [2.24, 2.45) is 5.41 Å². The molecule has 3 aromatic rings. The van der Waals surface area contributed by atoms with Crippen LogP contribution in [0.1, 0.15) is 34.0 Å². The van der Waals surface area contributed by atoms with Gasteiger partial charge in [-0.25, -0.2) is 9.37 Å². The fraction of sp³-hybridized carbons (Fsp3) is 0.316. The van der Waals surface area contributed by atoms with Crippen molar-refractivity contribution in [3.63, 3.8) is 0 Å². The number of aliphatic hydroxyl groups is 1. The quantitative estimate of drug-likeness (QED) is 0.723. The Morgan fingerprint density at radius 2 is 2.19 bits per heavy atom. The van der Waals surface area contributed by atoms with Crippen molar-refractivity contribution in [3.05, 3.63) is 59.2 Å². The van der Waals surface area contributed by atoms with E-state index in [0.717, 1.165) is 27.9 Å². The normalized spacial score (nSPS) is 21.7. The van der Waals surface area contributed by atoms with E-state index in [2.05, 4.69) is 14.7 Å². The SMILES string of the molecule is Cc1nsc2ncc(C(=O)NCC3(CO)CC3c3ccc(F)cc3)cc12. The summed E-state index contributed by atoms with van der Waals surface area (Å²) in [5.41, 5.74) is 1.94. The summed E-state index contributed by atoms with van der Waals surface area (Å²) in [6.07, 6.45) is 2.31. The van der Waals surface area contributed by atoms with E-state index in [0.29, 0.717) is 12.1 Å². The average Bonchev–Trinajstić information content (AvgIpc) is 3.28. The fourth-order valence-corrected chi connectivity index (χ4v) is 4.09. The van der Waals surface area contributed by atoms with Gasteiger partial charge in [-0.15, -0.1) is 0 Å². The van der Waals surface area contributed by atoms with Crippen molar-refractivity contribution >= 4 is 27.7 Å². The summed E-state index contributed by atoms with van der Waals surface area (Å²) < 4.78 is 17.3. The summed E-state index contributed by atoms with van der Waals surface area (Å²) in [6, 6.07) is 8.12. The highest BCUT2D eigenvalue weighted by Gasteiger charge is 2.54. The number of hydrogen-bond acceptors (Lipinski definition) is 5. The highest BCUT2D eigenvalue weighted by molar-refractivity contribution is 7.12. The van der Waals surface area contributed by atoms with Crippen LogP contribution in [0.15, 0.2) is 36.5 Å². The smallest absolute Gasteiger partial charge is 0.252 e. The van der Waals surface area contributed by atoms with Gasteiger partial charge in [-0.3, -0.25) is 4.79 Å². The molecule has 2 unspecified atom stereocenters. The minimum atomic E-state index is -0.384. The van der Waals surface area contributed by atoms with Gasteiger partial charge >= 0.3 is 0 Å². The lowest BCUT2D eigenvalue weighted by atomic mass is 9.99. The van der Waals surface area contributed by atoms with E-state index < -0.39 is 0 Å². The van der Waals surface area contributed by atoms with Gasteiger partial charge in [-0.05, 0) is 54.6 Å². The molecule has 0 aliphatic heterocycles. The molecule has 26 heavy (non-hydrogen) atoms. The van der Waals surface area contributed by atoms with Gasteiger partial charge in [0.05, 0.1) is 17.9 Å². The standard InChI is InChI=1S/C19H18FN3O2S/c1-11-15-6-13(8-21-18(15)26-23-11)17(25)22-9-19(10-24)7-16(19)12-2-4-14(20)5-3-12/h2-6,8,16,24H,7,9-10H2,1H3,(H,22,25). The van der Waals surface area contributed by atoms with E-state index in [4.69, 9.17) is 0 Å². The molecule has 2 heterocycles. The van der Waals surface area contributed by atoms with Crippen LogP contribution in [0.3, 0.4) is 0 Å². The van der Waals surface area contributed by atoms with E-state index in [1.165, 1.54) is 23.7 Å². The van der Waals surface area contributed by atoms with E-state index in [-0.39, 0.29) is 29.7 Å². The Bertz CT molecular complexity index is 973. The largest absolute Gasteiger partial charge is 0.396 e. The molecule has 7 heteroatoms. The van der Waals surface area contributed by atoms with Gasteiger partial charge in [-0.2, -0.15) is 4.37 Å². The molecule has 4 rings (SSSR count). The maximum absolute atomic E-state index is 13.1. The molecule has 1 aromatic carbocycles. The number of fused-ring (bicyclic) bond motifs is 1. The first kappa shape index (κ1) is 17.1. The molecule has 2 atom stereocenters. The Morgan fingerprint density at radius 3 is 2.92 bits per heavy atom. The summed E-state index contributed by atoms with van der Waals surface area (Å²) in [7, 11) is 0. The van der Waals surface area contributed by atoms with Crippen LogP contribution in [-0.2, 0) is 0 Å². The first-order valence-electron chi connectivity index (χ1n) is 8.39. The van der Waals surface area contributed by atoms with Gasteiger partial charge < -0.3 is 10.4 Å². The number of hydrogen-bond donors (Lipinski definition) is 2. The summed E-state index contributed by atoms with van der Waals surface area (Å²) in [5, 5.41) is 13.6. The number of aliphatic hydroxyl groups excluding tert-OH is 1. The second-order valence-electron chi connectivity index (χ2n) is 6.86. The van der Waals surface area contributed by atoms with Gasteiger partial charge in [0.15, 0.2) is 0 Å². The molecule has 134 valence electrons. The number of carbonyl (C=O) groups excluding carboxylic acids is 1. The predicted octanol–water partition coefficient (Wildman–Crippen LogP) is 3.03. The van der Waals surface area contributed by atoms with E-state index in [9.17, 15) is 14.3 Å². The van der Waals surface area contributed by atoms with E-state index in [1.807, 2.05) is 6.92 Å². The fourth-order valence-electron chi connectivity index (χ4n) is 3.37. The Labute approximate surface area is 154 Å². The molecular weight excluding hydrogens is 353 g/mol. The zero-order valence-electron chi connectivity index (χ0n) is 14.2. The van der Waals surface area contributed by atoms with Crippen LogP contribution in [0.4, 0.5) is 4.39 Å². The number of rotatable bonds is 5. The number of carbonyl (C=O) groups is 1. The van der Waals surface area contributed by atoms with Gasteiger partial charge in [0.1, 0.15) is 10.6 Å². The molecule has 0 radical (unpaired) electrons. The van der Waals surface area contributed by atoms with Crippen LogP contribution >= 0.6 is 11.5 Å². The van der Waals surface area contributed by atoms with Crippen LogP contribution < -0.4 is 5.32 Å². The van der Waals surface area contributed by atoms with Gasteiger partial charge in [0.25, 0.3) is 5.91 Å². The molecule has 0 spiro atoms. The molecule has 0 bridgehead atoms. The van der Waals surface area contributed by atoms with Gasteiger partial charge in [-0.1, -0.05) is 12.1 Å². The zero-order valence-corrected chi connectivity index (χ0v) is 15.0. The summed E-state index contributed by atoms with van der Waals surface area (Å²) in [5.74, 6) is -0.377. The minimum absolute atomic E-state index is 0.0276. The monoisotopic (exact) mass is 371 g/mol. The Morgan fingerprint density at radius 1 is 1.42 bits per heavy atom. The molecule has 1 aliphatic carbocycles. The third-order valence-corrected chi connectivity index (χ3v) is 6.01. The summed E-state index contributed by atoms with van der Waals surface area (Å²) in [6.45, 7) is 2.23. The van der Waals surface area contributed by atoms with Gasteiger partial charge in [0, 0.05) is 23.5 Å². The number of amides is 1. The molecule has 1 amide bonds. The minimum Gasteiger partial charge on any atom is -0.396 e. The number of nitrogens with zero attached hydrogens (tertiary/aromatic N) is 2. The second-order valence-corrected chi connectivity index (χ2v) is 7.61. The molecule has 1 fully saturated rings. The van der Waals surface area contributed by atoms with Crippen LogP contribution in [-0.4, -0.2) is 33.5 Å². The number of benzene rings is 1. The van der Waals surface area contributed by atoms with Crippen molar-refractivity contribution < 1.29 is 14.3 Å². The highest BCUT2D eigenvalue weighted by atomic mass is 32.1. The summed E-state index contributed by atoms with van der Waals surface area (Å²) >= 11 is 1.31. The van der Waals surface area contributed by atoms with Crippen LogP contribution in [0.25, 0.3) is 10.2 Å². The first-order valence-corrected chi connectivity index (χ1v) is 9.16. The number of aryl methyl sites for hydroxylation is 1. The van der Waals surface area contributed by atoms with Crippen LogP contribution in [0, 0.1) is 18.2 Å². The molecular formula is C19H18FN3O2S. The lowest BCUT2D eigenvalue weighted by Crippen LogP contribution is -2.32. The molecule has 1 aliphatic rings. The third-order valence-electron chi connectivity index (χ3n) is 5.15. The Kier molecular flexibility index (Phi) is 4.20. The lowest BCUT2D eigenvalue weighted by molar-refractivity contribution is 0.0933. The maximum Gasteiger partial charge on any atom is 0.252 e. The van der Waals surface area contributed by atoms with Gasteiger partial charge in [0.2, 0.25) is 0 Å². The third kappa shape index (κ3) is 2.97. The highest BCUT2D eigenvalue weighted by Crippen LogP contribution is 2.58. The summed E-state index contributed by atoms with van der Waals surface area (Å²) in [4.78, 5) is 17.6. The molecule has 1 saturated carbocycles. The Balaban J connectivity index is 1.46. The second kappa shape index (κ2) is 6.41. The average molecular weight is 371 g/mol. The molecule has 2 N–H and O–H groups in total. The first-order chi connectivity index (χ1) is 12.5. The predicted molar refractivity (Wildman–Crippen MR) is 97.8 cm³/mol. The van der Waals surface area contributed by atoms with Crippen LogP contribution in [0.2, 0.25) is 0 Å². The maximum atomic E-state index is 13.1. The lowest BCUT2D eigenvalue weighted by Gasteiger charge is -2.16. The van der Waals surface area contributed by atoms with Crippen molar-refractivity contribution in [2.45, 2.75) is 19.3 Å². The van der Waals surface area contributed by atoms with Crippen molar-refractivity contribution in [2.75, 3.05) is 13.2 Å². The van der Waals surface area contributed by atoms with Crippen molar-refractivity contribution in [3.8, 4) is 0 Å². The number of pyridine rings is 1. The molecule has 5 nitrogen and oxygen atoms in total. The van der Waals surface area contributed by atoms with Crippen molar-refractivity contribution in [1.29, 1.82) is 0 Å². The molecule has 0 saturated heterocycles. The van der Waals surface area contributed by atoms with E-state index >= 15 is 0 Å². The van der Waals surface area contributed by atoms with Crippen molar-refractivity contribution in [1.82, 2.24) is 14.7 Å². The molecule has 2 aromatic heterocycles. The number of aromatic nitrogens is 2. The topological polar surface area (TPSA) is 75.1 Å². The van der Waals surface area contributed by atoms with E-state index in [1.54, 1.807) is 24.4 Å². The van der Waals surface area contributed by atoms with Crippen LogP contribution in [0.5, 0.6) is 0 Å². The number of halogens is 1. The Hall–Kier alpha value is -2.38.